The summed E-state index contributed by atoms with van der Waals surface area (Å²) in [5, 5.41) is 2.50. The van der Waals surface area contributed by atoms with Gasteiger partial charge in [-0.2, -0.15) is 0 Å². The van der Waals surface area contributed by atoms with Gasteiger partial charge < -0.3 is 9.56 Å². The van der Waals surface area contributed by atoms with Gasteiger partial charge in [0.2, 0.25) is 0 Å². The largest absolute Gasteiger partial charge is 0.657 e. The molecular weight excluding hydrogens is 789 g/mol. The summed E-state index contributed by atoms with van der Waals surface area (Å²) >= 11 is 0. The summed E-state index contributed by atoms with van der Waals surface area (Å²) < 4.78 is 2.44. The van der Waals surface area contributed by atoms with Crippen LogP contribution in [0.3, 0.4) is 0 Å². The van der Waals surface area contributed by atoms with E-state index in [1.165, 1.54) is 55.5 Å². The van der Waals surface area contributed by atoms with Crippen molar-refractivity contribution in [2.45, 2.75) is 104 Å². The predicted molar refractivity (Wildman–Crippen MR) is 213 cm³/mol. The Kier molecular flexibility index (Phi) is 11.5. The second-order valence-corrected chi connectivity index (χ2v) is 15.5. The molecule has 0 amide bonds. The van der Waals surface area contributed by atoms with Gasteiger partial charge in [-0.25, -0.2) is 0 Å². The minimum absolute atomic E-state index is 0. The van der Waals surface area contributed by atoms with Crippen LogP contribution in [-0.2, 0) is 27.8 Å². The van der Waals surface area contributed by atoms with Crippen molar-refractivity contribution in [1.82, 2.24) is 9.56 Å². The average Bonchev–Trinajstić information content (AvgIpc) is 3.47. The van der Waals surface area contributed by atoms with Crippen LogP contribution in [0.1, 0.15) is 132 Å². The number of hydrogen-bond donors (Lipinski definition) is 0. The van der Waals surface area contributed by atoms with Crippen molar-refractivity contribution in [3.05, 3.63) is 143 Å². The molecule has 1 aromatic heterocycles. The van der Waals surface area contributed by atoms with Gasteiger partial charge in [-0.1, -0.05) is 172 Å². The maximum atomic E-state index is 4.52. The molecule has 5 aromatic carbocycles. The van der Waals surface area contributed by atoms with Crippen LogP contribution in [0.4, 0.5) is 11.4 Å². The Hall–Kier alpha value is -3.69. The van der Waals surface area contributed by atoms with Crippen molar-refractivity contribution >= 4 is 39.4 Å². The summed E-state index contributed by atoms with van der Waals surface area (Å²) in [4.78, 5) is 4.52. The smallest absolute Gasteiger partial charge is 0.112 e. The van der Waals surface area contributed by atoms with Gasteiger partial charge in [0.05, 0.1) is 0 Å². The second-order valence-electron chi connectivity index (χ2n) is 15.5. The Balaban J connectivity index is 0.000000287. The van der Waals surface area contributed by atoms with Crippen LogP contribution in [-0.4, -0.2) is 6.21 Å². The third-order valence-electron chi connectivity index (χ3n) is 10.4. The van der Waals surface area contributed by atoms with Crippen LogP contribution in [0.2, 0.25) is 0 Å². The van der Waals surface area contributed by atoms with Gasteiger partial charge in [-0.15, -0.1) is 11.0 Å². The summed E-state index contributed by atoms with van der Waals surface area (Å²) in [6, 6.07) is 39.3. The third-order valence-corrected chi connectivity index (χ3v) is 10.4. The van der Waals surface area contributed by atoms with E-state index in [1.54, 1.807) is 0 Å². The molecule has 263 valence electrons. The maximum Gasteiger partial charge on any atom is 0.112 e. The fourth-order valence-electron chi connectivity index (χ4n) is 7.78. The van der Waals surface area contributed by atoms with E-state index in [1.807, 2.05) is 12.1 Å². The molecule has 6 aromatic rings. The summed E-state index contributed by atoms with van der Waals surface area (Å²) in [5.74, 6) is 1.90. The Bertz CT molecular complexity index is 2020. The summed E-state index contributed by atoms with van der Waals surface area (Å²) in [7, 11) is 0. The summed E-state index contributed by atoms with van der Waals surface area (Å²) in [6.07, 6.45) is 4.15. The number of nitrogens with zero attached hydrogens (tertiary/aromatic N) is 2. The van der Waals surface area contributed by atoms with E-state index in [0.717, 1.165) is 11.0 Å². The fourth-order valence-corrected chi connectivity index (χ4v) is 7.78. The first kappa shape index (κ1) is 37.6. The molecule has 0 bridgehead atoms. The molecule has 0 spiro atoms. The van der Waals surface area contributed by atoms with E-state index in [2.05, 4.69) is 182 Å². The molecule has 1 unspecified atom stereocenters. The normalized spacial score (nSPS) is 15.2. The molecule has 0 fully saturated rings. The molecule has 1 aliphatic rings. The fraction of sp³-hybridized carbons (Fsp3) is 0.340. The van der Waals surface area contributed by atoms with Crippen molar-refractivity contribution in [2.75, 3.05) is 0 Å². The zero-order valence-corrected chi connectivity index (χ0v) is 33.6. The Morgan fingerprint density at radius 3 is 1.44 bits per heavy atom. The van der Waals surface area contributed by atoms with Crippen LogP contribution in [0.15, 0.2) is 109 Å². The topological polar surface area (TPSA) is 17.1 Å². The SMILES string of the molecule is CC(C)c1cccc(C(C)C)c1C1[C-]=[N+](c2c(C(C)C)cccc2C(C)C)c2ccccc2C1(C)C.[Au].c1ccc2c(c1)[n-]c1ccccc12. The molecule has 3 heteroatoms. The minimum Gasteiger partial charge on any atom is -0.657 e. The zero-order valence-electron chi connectivity index (χ0n) is 31.5. The molecule has 0 N–H and O–H groups in total. The number of hydrogen-bond acceptors (Lipinski definition) is 0. The molecule has 0 saturated carbocycles. The molecule has 1 aliphatic heterocycles. The monoisotopic (exact) mass is 842 g/mol. The third kappa shape index (κ3) is 6.96. The minimum atomic E-state index is -0.0908. The van der Waals surface area contributed by atoms with Crippen molar-refractivity contribution < 1.29 is 22.4 Å². The number of fused-ring (bicyclic) bond motifs is 4. The van der Waals surface area contributed by atoms with Crippen LogP contribution >= 0.6 is 0 Å². The number of aromatic nitrogens is 1. The van der Waals surface area contributed by atoms with Crippen LogP contribution in [0, 0.1) is 0 Å². The molecule has 1 radical (unpaired) electrons. The summed E-state index contributed by atoms with van der Waals surface area (Å²) in [6.45, 7) is 23.4. The van der Waals surface area contributed by atoms with Gasteiger partial charge in [0, 0.05) is 28.3 Å². The van der Waals surface area contributed by atoms with Crippen molar-refractivity contribution in [2.24, 2.45) is 0 Å². The van der Waals surface area contributed by atoms with Crippen LogP contribution < -0.4 is 9.56 Å². The van der Waals surface area contributed by atoms with E-state index in [4.69, 9.17) is 0 Å². The molecule has 7 rings (SSSR count). The van der Waals surface area contributed by atoms with E-state index in [9.17, 15) is 0 Å². The predicted octanol–water partition coefficient (Wildman–Crippen LogP) is 13.0. The van der Waals surface area contributed by atoms with Gasteiger partial charge in [-0.05, 0) is 79.3 Å². The van der Waals surface area contributed by atoms with E-state index in [-0.39, 0.29) is 33.7 Å². The molecule has 2 heterocycles. The standard InChI is InChI=1S/C35H45N.C12H8N.Au/c1-22(2)26-15-13-16-27(23(3)4)33(26)31-21-36(32-20-12-11-19-30(32)35(31,9)10)34-28(24(5)6)17-14-18-29(34)25(7)8;1-3-7-11-9(5-1)10-6-2-4-8-12(10)13-11;/h11-20,22-25,31H,1-10H3;1-8H;/q;-1;. The van der Waals surface area contributed by atoms with Gasteiger partial charge in [-0.3, -0.25) is 0 Å². The Labute approximate surface area is 316 Å². The molecule has 2 nitrogen and oxygen atoms in total. The van der Waals surface area contributed by atoms with E-state index in [0.29, 0.717) is 23.7 Å². The van der Waals surface area contributed by atoms with E-state index >= 15 is 0 Å². The van der Waals surface area contributed by atoms with Gasteiger partial charge in [0.1, 0.15) is 17.6 Å². The van der Waals surface area contributed by atoms with Gasteiger partial charge in [0.15, 0.2) is 0 Å². The Morgan fingerprint density at radius 1 is 0.540 bits per heavy atom. The van der Waals surface area contributed by atoms with Crippen molar-refractivity contribution in [3.8, 4) is 0 Å². The van der Waals surface area contributed by atoms with Crippen molar-refractivity contribution in [3.63, 3.8) is 0 Å². The average molecular weight is 843 g/mol. The first-order valence-corrected chi connectivity index (χ1v) is 18.2. The van der Waals surface area contributed by atoms with Gasteiger partial charge in [0.25, 0.3) is 0 Å². The zero-order chi connectivity index (χ0) is 35.0. The van der Waals surface area contributed by atoms with E-state index < -0.39 is 0 Å². The molecular formula is C47H53AuN2-. The molecule has 0 saturated heterocycles. The summed E-state index contributed by atoms with van der Waals surface area (Å²) in [5.41, 5.74) is 13.2. The molecule has 50 heavy (non-hydrogen) atoms. The number of benzene rings is 5. The number of rotatable bonds is 6. The number of para-hydroxylation sites is 4. The first-order valence-electron chi connectivity index (χ1n) is 18.2. The van der Waals surface area contributed by atoms with Crippen LogP contribution in [0.25, 0.3) is 21.8 Å². The molecule has 1 atom stereocenters. The first-order chi connectivity index (χ1) is 23.4. The second kappa shape index (κ2) is 15.3. The van der Waals surface area contributed by atoms with Crippen LogP contribution in [0.5, 0.6) is 0 Å². The Morgan fingerprint density at radius 2 is 0.960 bits per heavy atom. The van der Waals surface area contributed by atoms with Gasteiger partial charge >= 0.3 is 0 Å². The molecule has 0 aliphatic carbocycles. The van der Waals surface area contributed by atoms with Crippen molar-refractivity contribution in [1.29, 1.82) is 0 Å². The maximum absolute atomic E-state index is 4.52. The quantitative estimate of drug-likeness (QED) is 0.0927.